The molecular weight excluding hydrogens is 245 g/mol. The molecule has 1 N–H and O–H groups in total. The van der Waals surface area contributed by atoms with Crippen LogP contribution in [0.15, 0.2) is 24.4 Å². The van der Waals surface area contributed by atoms with Gasteiger partial charge in [0.1, 0.15) is 0 Å². The number of aryl methyl sites for hydroxylation is 1. The molecule has 0 atom stereocenters. The van der Waals surface area contributed by atoms with Crippen LogP contribution in [-0.2, 0) is 13.1 Å². The van der Waals surface area contributed by atoms with Crippen LogP contribution in [0.1, 0.15) is 16.8 Å². The van der Waals surface area contributed by atoms with Gasteiger partial charge in [0.2, 0.25) is 0 Å². The van der Waals surface area contributed by atoms with E-state index in [1.807, 2.05) is 20.2 Å². The van der Waals surface area contributed by atoms with Gasteiger partial charge in [-0.3, -0.25) is 4.68 Å². The molecule has 0 amide bonds. The molecule has 1 aromatic carbocycles. The average Bonchev–Trinajstić information content (AvgIpc) is 2.73. The van der Waals surface area contributed by atoms with Crippen LogP contribution in [-0.4, -0.2) is 23.9 Å². The molecule has 0 radical (unpaired) electrons. The maximum Gasteiger partial charge on any atom is 0.170 e. The number of methoxy groups -OCH3 is 1. The van der Waals surface area contributed by atoms with Crippen LogP contribution >= 0.6 is 0 Å². The number of hydrogen-bond acceptors (Lipinski definition) is 3. The zero-order valence-corrected chi connectivity index (χ0v) is 11.4. The normalized spacial score (nSPS) is 10.7. The van der Waals surface area contributed by atoms with Gasteiger partial charge in [-0.05, 0) is 20.0 Å². The molecule has 4 nitrogen and oxygen atoms in total. The molecule has 0 bridgehead atoms. The molecule has 0 saturated heterocycles. The summed E-state index contributed by atoms with van der Waals surface area (Å²) in [7, 11) is 3.35. The summed E-state index contributed by atoms with van der Waals surface area (Å²) in [6, 6.07) is 5.13. The van der Waals surface area contributed by atoms with Crippen LogP contribution in [0, 0.1) is 12.7 Å². The molecular formula is C14H18FN3O. The van der Waals surface area contributed by atoms with Crippen molar-refractivity contribution in [2.75, 3.05) is 14.2 Å². The first-order valence-electron chi connectivity index (χ1n) is 6.14. The van der Waals surface area contributed by atoms with E-state index in [2.05, 4.69) is 10.4 Å². The zero-order chi connectivity index (χ0) is 13.8. The summed E-state index contributed by atoms with van der Waals surface area (Å²) in [6.07, 6.45) is 1.94. The third kappa shape index (κ3) is 2.93. The lowest BCUT2D eigenvalue weighted by molar-refractivity contribution is 0.383. The first-order chi connectivity index (χ1) is 9.15. The molecule has 2 aromatic rings. The van der Waals surface area contributed by atoms with Gasteiger partial charge in [0.15, 0.2) is 11.6 Å². The van der Waals surface area contributed by atoms with Crippen LogP contribution in [0.3, 0.4) is 0 Å². The van der Waals surface area contributed by atoms with Crippen LogP contribution in [0.5, 0.6) is 5.75 Å². The minimum atomic E-state index is -0.326. The van der Waals surface area contributed by atoms with Crippen molar-refractivity contribution in [3.05, 3.63) is 47.0 Å². The Labute approximate surface area is 112 Å². The SMILES string of the molecule is CNCc1cn(Cc2cccc(OC)c2F)nc1C. The van der Waals surface area contributed by atoms with Crippen molar-refractivity contribution >= 4 is 0 Å². The lowest BCUT2D eigenvalue weighted by Crippen LogP contribution is -2.05. The summed E-state index contributed by atoms with van der Waals surface area (Å²) in [6.45, 7) is 3.10. The number of nitrogens with zero attached hydrogens (tertiary/aromatic N) is 2. The summed E-state index contributed by atoms with van der Waals surface area (Å²) in [4.78, 5) is 0. The van der Waals surface area contributed by atoms with E-state index in [1.54, 1.807) is 22.9 Å². The number of nitrogens with one attached hydrogen (secondary N) is 1. The van der Waals surface area contributed by atoms with E-state index in [4.69, 9.17) is 4.74 Å². The number of hydrogen-bond donors (Lipinski definition) is 1. The highest BCUT2D eigenvalue weighted by atomic mass is 19.1. The molecule has 1 heterocycles. The topological polar surface area (TPSA) is 39.1 Å². The largest absolute Gasteiger partial charge is 0.494 e. The first kappa shape index (κ1) is 13.5. The zero-order valence-electron chi connectivity index (χ0n) is 11.4. The van der Waals surface area contributed by atoms with Crippen LogP contribution < -0.4 is 10.1 Å². The summed E-state index contributed by atoms with van der Waals surface area (Å²) >= 11 is 0. The molecule has 102 valence electrons. The van der Waals surface area contributed by atoms with Gasteiger partial charge in [0, 0.05) is 23.9 Å². The predicted molar refractivity (Wildman–Crippen MR) is 71.8 cm³/mol. The highest BCUT2D eigenvalue weighted by Gasteiger charge is 2.10. The highest BCUT2D eigenvalue weighted by Crippen LogP contribution is 2.20. The Hall–Kier alpha value is -1.88. The lowest BCUT2D eigenvalue weighted by atomic mass is 10.2. The summed E-state index contributed by atoms with van der Waals surface area (Å²) < 4.78 is 20.8. The minimum Gasteiger partial charge on any atom is -0.494 e. The van der Waals surface area contributed by atoms with Crippen LogP contribution in [0.25, 0.3) is 0 Å². The number of rotatable bonds is 5. The second-order valence-electron chi connectivity index (χ2n) is 4.40. The smallest absolute Gasteiger partial charge is 0.170 e. The number of benzene rings is 1. The van der Waals surface area contributed by atoms with Crippen molar-refractivity contribution in [2.45, 2.75) is 20.0 Å². The van der Waals surface area contributed by atoms with E-state index in [1.165, 1.54) is 7.11 Å². The third-order valence-electron chi connectivity index (χ3n) is 3.01. The van der Waals surface area contributed by atoms with Crippen molar-refractivity contribution in [3.63, 3.8) is 0 Å². The Morgan fingerprint density at radius 2 is 2.16 bits per heavy atom. The monoisotopic (exact) mass is 263 g/mol. The van der Waals surface area contributed by atoms with Crippen molar-refractivity contribution in [1.29, 1.82) is 0 Å². The van der Waals surface area contributed by atoms with E-state index >= 15 is 0 Å². The fraction of sp³-hybridized carbons (Fsp3) is 0.357. The third-order valence-corrected chi connectivity index (χ3v) is 3.01. The van der Waals surface area contributed by atoms with Gasteiger partial charge in [-0.1, -0.05) is 12.1 Å². The molecule has 0 saturated carbocycles. The van der Waals surface area contributed by atoms with Gasteiger partial charge < -0.3 is 10.1 Å². The quantitative estimate of drug-likeness (QED) is 0.898. The Kier molecular flexibility index (Phi) is 4.16. The van der Waals surface area contributed by atoms with E-state index in [0.717, 1.165) is 17.8 Å². The Balaban J connectivity index is 2.24. The van der Waals surface area contributed by atoms with Gasteiger partial charge >= 0.3 is 0 Å². The molecule has 0 unspecified atom stereocenters. The second-order valence-corrected chi connectivity index (χ2v) is 4.40. The Bertz CT molecular complexity index is 566. The van der Waals surface area contributed by atoms with Gasteiger partial charge in [0.05, 0.1) is 19.3 Å². The summed E-state index contributed by atoms with van der Waals surface area (Å²) in [5.74, 6) is -0.0647. The number of ether oxygens (including phenoxy) is 1. The summed E-state index contributed by atoms with van der Waals surface area (Å²) in [5, 5.41) is 7.47. The maximum absolute atomic E-state index is 14.0. The van der Waals surface area contributed by atoms with Crippen molar-refractivity contribution in [1.82, 2.24) is 15.1 Å². The molecule has 5 heteroatoms. The van der Waals surface area contributed by atoms with Crippen LogP contribution in [0.2, 0.25) is 0 Å². The van der Waals surface area contributed by atoms with Gasteiger partial charge in [0.25, 0.3) is 0 Å². The van der Waals surface area contributed by atoms with E-state index < -0.39 is 0 Å². The molecule has 19 heavy (non-hydrogen) atoms. The number of halogens is 1. The first-order valence-corrected chi connectivity index (χ1v) is 6.14. The fourth-order valence-corrected chi connectivity index (χ4v) is 2.01. The molecule has 0 aliphatic carbocycles. The molecule has 1 aromatic heterocycles. The predicted octanol–water partition coefficient (Wildman–Crippen LogP) is 2.11. The van der Waals surface area contributed by atoms with E-state index in [9.17, 15) is 4.39 Å². The molecule has 2 rings (SSSR count). The van der Waals surface area contributed by atoms with E-state index in [0.29, 0.717) is 12.1 Å². The fourth-order valence-electron chi connectivity index (χ4n) is 2.01. The average molecular weight is 263 g/mol. The number of aromatic nitrogens is 2. The lowest BCUT2D eigenvalue weighted by Gasteiger charge is -2.07. The maximum atomic E-state index is 14.0. The van der Waals surface area contributed by atoms with Gasteiger partial charge in [-0.15, -0.1) is 0 Å². The second kappa shape index (κ2) is 5.84. The standard InChI is InChI=1S/C14H18FN3O/c1-10-12(7-16-2)9-18(17-10)8-11-5-4-6-13(19-3)14(11)15/h4-6,9,16H,7-8H2,1-3H3. The van der Waals surface area contributed by atoms with Crippen molar-refractivity contribution in [2.24, 2.45) is 0 Å². The molecule has 0 spiro atoms. The van der Waals surface area contributed by atoms with Crippen molar-refractivity contribution < 1.29 is 9.13 Å². The Morgan fingerprint density at radius 3 is 2.84 bits per heavy atom. The van der Waals surface area contributed by atoms with Crippen molar-refractivity contribution in [3.8, 4) is 5.75 Å². The minimum absolute atomic E-state index is 0.261. The molecule has 0 aliphatic rings. The highest BCUT2D eigenvalue weighted by molar-refractivity contribution is 5.31. The Morgan fingerprint density at radius 1 is 1.37 bits per heavy atom. The van der Waals surface area contributed by atoms with Gasteiger partial charge in [-0.25, -0.2) is 4.39 Å². The van der Waals surface area contributed by atoms with E-state index in [-0.39, 0.29) is 11.6 Å². The molecule has 0 aliphatic heterocycles. The summed E-state index contributed by atoms with van der Waals surface area (Å²) in [5.41, 5.74) is 2.64. The molecule has 0 fully saturated rings. The van der Waals surface area contributed by atoms with Gasteiger partial charge in [-0.2, -0.15) is 5.10 Å². The van der Waals surface area contributed by atoms with Crippen LogP contribution in [0.4, 0.5) is 4.39 Å².